The third-order valence-corrected chi connectivity index (χ3v) is 5.16. The van der Waals surface area contributed by atoms with E-state index in [0.717, 1.165) is 12.8 Å². The van der Waals surface area contributed by atoms with Gasteiger partial charge in [0.25, 0.3) is 0 Å². The van der Waals surface area contributed by atoms with Gasteiger partial charge in [0.15, 0.2) is 0 Å². The summed E-state index contributed by atoms with van der Waals surface area (Å²) < 4.78 is 0. The molecular formula is C22H42N6O2. The van der Waals surface area contributed by atoms with Crippen LogP contribution < -0.4 is 10.7 Å². The lowest BCUT2D eigenvalue weighted by molar-refractivity contribution is -0.383. The molecule has 0 unspecified atom stereocenters. The van der Waals surface area contributed by atoms with Crippen molar-refractivity contribution in [1.29, 1.82) is 0 Å². The van der Waals surface area contributed by atoms with Crippen molar-refractivity contribution in [1.82, 2.24) is 15.0 Å². The van der Waals surface area contributed by atoms with Gasteiger partial charge in [0, 0.05) is 20.6 Å². The first-order chi connectivity index (χ1) is 14.6. The minimum absolute atomic E-state index is 0.114. The molecule has 0 radical (unpaired) electrons. The van der Waals surface area contributed by atoms with Crippen LogP contribution in [0.5, 0.6) is 0 Å². The van der Waals surface area contributed by atoms with Crippen LogP contribution in [0.15, 0.2) is 6.33 Å². The minimum Gasteiger partial charge on any atom is -0.364 e. The van der Waals surface area contributed by atoms with E-state index < -0.39 is 4.92 Å². The Labute approximate surface area is 182 Å². The number of nitrogens with zero attached hydrogens (tertiary/aromatic N) is 4. The second-order valence-corrected chi connectivity index (χ2v) is 8.21. The Morgan fingerprint density at radius 3 is 1.77 bits per heavy atom. The second-order valence-electron chi connectivity index (χ2n) is 8.21. The molecule has 0 aliphatic rings. The Hall–Kier alpha value is -1.96. The van der Waals surface area contributed by atoms with Crippen LogP contribution in [-0.4, -0.2) is 40.5 Å². The van der Waals surface area contributed by atoms with Gasteiger partial charge < -0.3 is 5.32 Å². The molecule has 0 amide bonds. The van der Waals surface area contributed by atoms with Crippen molar-refractivity contribution in [2.45, 2.75) is 96.8 Å². The van der Waals surface area contributed by atoms with Gasteiger partial charge >= 0.3 is 5.69 Å². The number of aromatic nitrogens is 2. The van der Waals surface area contributed by atoms with Crippen molar-refractivity contribution in [3.8, 4) is 0 Å². The van der Waals surface area contributed by atoms with Gasteiger partial charge in [-0.15, -0.1) is 0 Å². The van der Waals surface area contributed by atoms with Crippen LogP contribution >= 0.6 is 0 Å². The molecule has 30 heavy (non-hydrogen) atoms. The lowest BCUT2D eigenvalue weighted by atomic mass is 10.0. The Morgan fingerprint density at radius 2 is 1.30 bits per heavy atom. The van der Waals surface area contributed by atoms with Crippen molar-refractivity contribution in [3.63, 3.8) is 0 Å². The van der Waals surface area contributed by atoms with E-state index in [-0.39, 0.29) is 17.3 Å². The zero-order chi connectivity index (χ0) is 22.0. The molecule has 0 aliphatic heterocycles. The number of anilines is 2. The van der Waals surface area contributed by atoms with E-state index in [1.165, 1.54) is 83.4 Å². The molecule has 1 rings (SSSR count). The van der Waals surface area contributed by atoms with Crippen LogP contribution in [0.3, 0.4) is 0 Å². The van der Waals surface area contributed by atoms with Crippen molar-refractivity contribution in [3.05, 3.63) is 16.4 Å². The van der Waals surface area contributed by atoms with Crippen LogP contribution in [-0.2, 0) is 0 Å². The van der Waals surface area contributed by atoms with E-state index in [2.05, 4.69) is 27.6 Å². The van der Waals surface area contributed by atoms with Gasteiger partial charge in [0.2, 0.25) is 11.6 Å². The quantitative estimate of drug-likeness (QED) is 0.156. The predicted molar refractivity (Wildman–Crippen MR) is 125 cm³/mol. The summed E-state index contributed by atoms with van der Waals surface area (Å²) in [5, 5.41) is 16.1. The standard InChI is InChI=1S/C22H42N6O2/c1-4-5-6-7-8-9-10-11-12-13-14-15-16-17-18-23-21-20(28(29)30)22(25-19-24-21)26-27(2)3/h19H,4-18H2,1-3H3,(H2,23,24,25,26). The Morgan fingerprint density at radius 1 is 0.833 bits per heavy atom. The van der Waals surface area contributed by atoms with Gasteiger partial charge in [-0.1, -0.05) is 90.4 Å². The van der Waals surface area contributed by atoms with E-state index in [1.54, 1.807) is 19.1 Å². The Kier molecular flexibility index (Phi) is 14.6. The molecule has 8 nitrogen and oxygen atoms in total. The third-order valence-electron chi connectivity index (χ3n) is 5.16. The highest BCUT2D eigenvalue weighted by Crippen LogP contribution is 2.28. The van der Waals surface area contributed by atoms with Gasteiger partial charge in [0.05, 0.1) is 4.92 Å². The molecule has 0 fully saturated rings. The average Bonchev–Trinajstić information content (AvgIpc) is 2.70. The fourth-order valence-electron chi connectivity index (χ4n) is 3.50. The van der Waals surface area contributed by atoms with Crippen molar-refractivity contribution in [2.24, 2.45) is 0 Å². The summed E-state index contributed by atoms with van der Waals surface area (Å²) in [4.78, 5) is 19.0. The summed E-state index contributed by atoms with van der Waals surface area (Å²) in [5.41, 5.74) is 2.74. The second kappa shape index (κ2) is 16.8. The lowest BCUT2D eigenvalue weighted by Gasteiger charge is -2.14. The topological polar surface area (TPSA) is 96.2 Å². The van der Waals surface area contributed by atoms with Crippen molar-refractivity contribution < 1.29 is 4.92 Å². The molecule has 0 saturated carbocycles. The first-order valence-electron chi connectivity index (χ1n) is 11.7. The highest BCUT2D eigenvalue weighted by Gasteiger charge is 2.22. The van der Waals surface area contributed by atoms with Crippen LogP contribution in [0.2, 0.25) is 0 Å². The molecule has 1 aromatic heterocycles. The molecule has 1 aromatic rings. The van der Waals surface area contributed by atoms with E-state index >= 15 is 0 Å². The summed E-state index contributed by atoms with van der Waals surface area (Å²) in [5.74, 6) is 0.470. The molecule has 0 spiro atoms. The van der Waals surface area contributed by atoms with Crippen LogP contribution in [0.1, 0.15) is 96.8 Å². The summed E-state index contributed by atoms with van der Waals surface area (Å²) in [6.45, 7) is 2.94. The SMILES string of the molecule is CCCCCCCCCCCCCCCCNc1ncnc(NN(C)C)c1[N+](=O)[O-]. The fourth-order valence-corrected chi connectivity index (χ4v) is 3.50. The normalized spacial score (nSPS) is 11.1. The zero-order valence-corrected chi connectivity index (χ0v) is 19.3. The highest BCUT2D eigenvalue weighted by atomic mass is 16.6. The van der Waals surface area contributed by atoms with Crippen LogP contribution in [0.25, 0.3) is 0 Å². The first kappa shape index (κ1) is 26.1. The largest absolute Gasteiger partial charge is 0.364 e. The minimum atomic E-state index is -0.445. The summed E-state index contributed by atoms with van der Waals surface area (Å²) >= 11 is 0. The Bertz CT molecular complexity index is 583. The number of hydrazine groups is 1. The number of unbranched alkanes of at least 4 members (excludes halogenated alkanes) is 13. The highest BCUT2D eigenvalue weighted by molar-refractivity contribution is 5.68. The smallest absolute Gasteiger partial charge is 0.354 e. The maximum Gasteiger partial charge on any atom is 0.354 e. The monoisotopic (exact) mass is 422 g/mol. The van der Waals surface area contributed by atoms with E-state index in [0.29, 0.717) is 6.54 Å². The number of nitro groups is 1. The lowest BCUT2D eigenvalue weighted by Crippen LogP contribution is -2.22. The Balaban J connectivity index is 2.09. The predicted octanol–water partition coefficient (Wildman–Crippen LogP) is 6.17. The summed E-state index contributed by atoms with van der Waals surface area (Å²) in [6.07, 6.45) is 19.7. The van der Waals surface area contributed by atoms with E-state index in [4.69, 9.17) is 0 Å². The van der Waals surface area contributed by atoms with Crippen molar-refractivity contribution in [2.75, 3.05) is 31.4 Å². The third kappa shape index (κ3) is 11.9. The molecule has 8 heteroatoms. The number of rotatable bonds is 19. The summed E-state index contributed by atoms with van der Waals surface area (Å²) in [7, 11) is 3.52. The van der Waals surface area contributed by atoms with Gasteiger partial charge in [0.1, 0.15) is 6.33 Å². The number of hydrogen-bond acceptors (Lipinski definition) is 7. The fraction of sp³-hybridized carbons (Fsp3) is 0.818. The molecule has 0 aromatic carbocycles. The molecule has 0 saturated heterocycles. The zero-order valence-electron chi connectivity index (χ0n) is 19.3. The van der Waals surface area contributed by atoms with Gasteiger partial charge in [-0.3, -0.25) is 15.5 Å². The van der Waals surface area contributed by atoms with Gasteiger partial charge in [-0.25, -0.2) is 15.0 Å². The van der Waals surface area contributed by atoms with Crippen LogP contribution in [0, 0.1) is 10.1 Å². The molecule has 0 bridgehead atoms. The van der Waals surface area contributed by atoms with E-state index in [9.17, 15) is 10.1 Å². The van der Waals surface area contributed by atoms with Gasteiger partial charge in [-0.05, 0) is 6.42 Å². The number of nitrogens with one attached hydrogen (secondary N) is 2. The maximum atomic E-state index is 11.4. The molecule has 2 N–H and O–H groups in total. The molecule has 0 aliphatic carbocycles. The maximum absolute atomic E-state index is 11.4. The first-order valence-corrected chi connectivity index (χ1v) is 11.7. The number of hydrogen-bond donors (Lipinski definition) is 2. The summed E-state index contributed by atoms with van der Waals surface area (Å²) in [6, 6.07) is 0. The molecular weight excluding hydrogens is 380 g/mol. The molecule has 1 heterocycles. The van der Waals surface area contributed by atoms with Crippen LogP contribution in [0.4, 0.5) is 17.3 Å². The van der Waals surface area contributed by atoms with Crippen molar-refractivity contribution >= 4 is 17.3 Å². The van der Waals surface area contributed by atoms with Gasteiger partial charge in [-0.2, -0.15) is 0 Å². The van der Waals surface area contributed by atoms with E-state index in [1.807, 2.05) is 0 Å². The molecule has 172 valence electrons. The molecule has 0 atom stereocenters. The average molecular weight is 423 g/mol.